The molecular formula is C13H22N4O2. The Morgan fingerprint density at radius 2 is 2.26 bits per heavy atom. The summed E-state index contributed by atoms with van der Waals surface area (Å²) in [5.41, 5.74) is -0.0337. The highest BCUT2D eigenvalue weighted by atomic mass is 16.2. The van der Waals surface area contributed by atoms with E-state index in [0.29, 0.717) is 12.5 Å². The minimum atomic E-state index is -0.236. The molecule has 0 aromatic carbocycles. The molecule has 0 radical (unpaired) electrons. The predicted molar refractivity (Wildman–Crippen MR) is 70.8 cm³/mol. The van der Waals surface area contributed by atoms with Crippen molar-refractivity contribution < 1.29 is 9.90 Å². The first-order valence-corrected chi connectivity index (χ1v) is 6.83. The maximum Gasteiger partial charge on any atom is 0.290 e. The number of carbonyl (C=O) groups excluding carboxylic acids is 1. The van der Waals surface area contributed by atoms with Crippen LogP contribution in [0.4, 0.5) is 0 Å². The molecule has 3 N–H and O–H groups in total. The zero-order chi connectivity index (χ0) is 13.9. The van der Waals surface area contributed by atoms with Crippen LogP contribution in [0.25, 0.3) is 0 Å². The van der Waals surface area contributed by atoms with Gasteiger partial charge in [0, 0.05) is 19.1 Å². The molecule has 0 bridgehead atoms. The van der Waals surface area contributed by atoms with Crippen LogP contribution in [0, 0.1) is 5.41 Å². The first kappa shape index (κ1) is 14.0. The van der Waals surface area contributed by atoms with Crippen LogP contribution in [0.15, 0.2) is 0 Å². The van der Waals surface area contributed by atoms with Crippen LogP contribution in [-0.4, -0.2) is 39.3 Å². The number of nitrogens with zero attached hydrogens (tertiary/aromatic N) is 2. The minimum Gasteiger partial charge on any atom is -0.396 e. The van der Waals surface area contributed by atoms with E-state index in [1.54, 1.807) is 0 Å². The molecule has 1 aliphatic carbocycles. The molecule has 1 saturated carbocycles. The highest BCUT2D eigenvalue weighted by Gasteiger charge is 2.28. The van der Waals surface area contributed by atoms with Crippen molar-refractivity contribution in [2.24, 2.45) is 5.41 Å². The monoisotopic (exact) mass is 266 g/mol. The molecular weight excluding hydrogens is 244 g/mol. The largest absolute Gasteiger partial charge is 0.396 e. The van der Waals surface area contributed by atoms with E-state index in [4.69, 9.17) is 5.11 Å². The summed E-state index contributed by atoms with van der Waals surface area (Å²) >= 11 is 0. The summed E-state index contributed by atoms with van der Waals surface area (Å²) in [6.45, 7) is 4.87. The molecule has 0 aliphatic heterocycles. The van der Waals surface area contributed by atoms with Crippen molar-refractivity contribution in [1.29, 1.82) is 0 Å². The van der Waals surface area contributed by atoms with Crippen molar-refractivity contribution in [3.8, 4) is 0 Å². The molecule has 0 spiro atoms. The Hall–Kier alpha value is -1.43. The fourth-order valence-corrected chi connectivity index (χ4v) is 1.96. The van der Waals surface area contributed by atoms with Gasteiger partial charge in [0.25, 0.3) is 5.91 Å². The van der Waals surface area contributed by atoms with Gasteiger partial charge in [-0.3, -0.25) is 9.89 Å². The molecule has 0 unspecified atom stereocenters. The van der Waals surface area contributed by atoms with Crippen LogP contribution in [0.1, 0.15) is 61.9 Å². The van der Waals surface area contributed by atoms with Gasteiger partial charge in [-0.2, -0.15) is 0 Å². The molecule has 106 valence electrons. The van der Waals surface area contributed by atoms with Crippen molar-refractivity contribution in [1.82, 2.24) is 20.5 Å². The average Bonchev–Trinajstić information content (AvgIpc) is 3.12. The van der Waals surface area contributed by atoms with Gasteiger partial charge in [-0.25, -0.2) is 4.98 Å². The van der Waals surface area contributed by atoms with E-state index in [2.05, 4.69) is 34.3 Å². The molecule has 19 heavy (non-hydrogen) atoms. The van der Waals surface area contributed by atoms with Crippen LogP contribution in [-0.2, 0) is 0 Å². The normalized spacial score (nSPS) is 15.5. The van der Waals surface area contributed by atoms with Gasteiger partial charge in [-0.1, -0.05) is 13.8 Å². The van der Waals surface area contributed by atoms with Gasteiger partial charge >= 0.3 is 0 Å². The van der Waals surface area contributed by atoms with E-state index in [9.17, 15) is 4.79 Å². The van der Waals surface area contributed by atoms with Gasteiger partial charge in [0.05, 0.1) is 0 Å². The third kappa shape index (κ3) is 4.02. The van der Waals surface area contributed by atoms with Crippen molar-refractivity contribution in [3.63, 3.8) is 0 Å². The van der Waals surface area contributed by atoms with E-state index < -0.39 is 0 Å². The fourth-order valence-electron chi connectivity index (χ4n) is 1.96. The molecule has 1 heterocycles. The fraction of sp³-hybridized carbons (Fsp3) is 0.769. The van der Waals surface area contributed by atoms with Crippen molar-refractivity contribution in [2.75, 3.05) is 13.2 Å². The molecule has 0 atom stereocenters. The van der Waals surface area contributed by atoms with Gasteiger partial charge in [-0.05, 0) is 31.1 Å². The summed E-state index contributed by atoms with van der Waals surface area (Å²) in [6.07, 6.45) is 3.87. The second-order valence-corrected chi connectivity index (χ2v) is 5.99. The van der Waals surface area contributed by atoms with E-state index in [1.165, 1.54) is 0 Å². The van der Waals surface area contributed by atoms with Gasteiger partial charge in [0.15, 0.2) is 0 Å². The molecule has 1 aliphatic rings. The lowest BCUT2D eigenvalue weighted by molar-refractivity contribution is 0.0923. The second kappa shape index (κ2) is 5.69. The Kier molecular flexibility index (Phi) is 4.19. The maximum atomic E-state index is 11.9. The number of rotatable bonds is 7. The third-order valence-corrected chi connectivity index (χ3v) is 3.41. The summed E-state index contributed by atoms with van der Waals surface area (Å²) in [5, 5.41) is 18.5. The lowest BCUT2D eigenvalue weighted by Crippen LogP contribution is -2.34. The maximum absolute atomic E-state index is 11.9. The zero-order valence-electron chi connectivity index (χ0n) is 11.6. The Balaban J connectivity index is 1.82. The number of aromatic nitrogens is 3. The van der Waals surface area contributed by atoms with Crippen molar-refractivity contribution in [3.05, 3.63) is 11.6 Å². The molecule has 6 nitrogen and oxygen atoms in total. The van der Waals surface area contributed by atoms with E-state index in [-0.39, 0.29) is 23.8 Å². The van der Waals surface area contributed by atoms with Crippen molar-refractivity contribution >= 4 is 5.91 Å². The number of hydrogen-bond donors (Lipinski definition) is 3. The van der Waals surface area contributed by atoms with E-state index >= 15 is 0 Å². The summed E-state index contributed by atoms with van der Waals surface area (Å²) < 4.78 is 0. The molecule has 1 amide bonds. The smallest absolute Gasteiger partial charge is 0.290 e. The van der Waals surface area contributed by atoms with Gasteiger partial charge in [0.2, 0.25) is 5.82 Å². The highest BCUT2D eigenvalue weighted by Crippen LogP contribution is 2.37. The van der Waals surface area contributed by atoms with Gasteiger partial charge in [0.1, 0.15) is 5.82 Å². The summed E-state index contributed by atoms with van der Waals surface area (Å²) in [5.74, 6) is 1.28. The molecule has 1 aromatic heterocycles. The molecule has 2 rings (SSSR count). The van der Waals surface area contributed by atoms with Crippen LogP contribution < -0.4 is 5.32 Å². The Morgan fingerprint density at radius 3 is 2.89 bits per heavy atom. The quantitative estimate of drug-likeness (QED) is 0.692. The summed E-state index contributed by atoms with van der Waals surface area (Å²) in [7, 11) is 0. The number of nitrogens with one attached hydrogen (secondary N) is 2. The first-order valence-electron chi connectivity index (χ1n) is 6.83. The minimum absolute atomic E-state index is 0.0337. The van der Waals surface area contributed by atoms with Gasteiger partial charge in [-0.15, -0.1) is 5.10 Å². The van der Waals surface area contributed by atoms with E-state index in [0.717, 1.165) is 31.5 Å². The van der Waals surface area contributed by atoms with E-state index in [1.807, 2.05) is 0 Å². The van der Waals surface area contributed by atoms with Crippen LogP contribution in [0.5, 0.6) is 0 Å². The topological polar surface area (TPSA) is 90.9 Å². The Morgan fingerprint density at radius 1 is 1.53 bits per heavy atom. The van der Waals surface area contributed by atoms with Crippen LogP contribution in [0.2, 0.25) is 0 Å². The molecule has 1 fully saturated rings. The van der Waals surface area contributed by atoms with Crippen LogP contribution >= 0.6 is 0 Å². The number of aliphatic hydroxyl groups excluding tert-OH is 1. The number of H-pyrrole nitrogens is 1. The van der Waals surface area contributed by atoms with Crippen LogP contribution in [0.3, 0.4) is 0 Å². The highest BCUT2D eigenvalue weighted by molar-refractivity contribution is 5.90. The number of carbonyl (C=O) groups is 1. The Labute approximate surface area is 113 Å². The lowest BCUT2D eigenvalue weighted by atomic mass is 9.88. The standard InChI is InChI=1S/C13H22N4O2/c1-13(2,6-3-7-18)8-14-12(19)11-15-10(16-17-11)9-4-5-9/h9,18H,3-8H2,1-2H3,(H,14,19)(H,15,16,17). The summed E-state index contributed by atoms with van der Waals surface area (Å²) in [4.78, 5) is 16.1. The first-order chi connectivity index (χ1) is 9.02. The number of hydrogen-bond acceptors (Lipinski definition) is 4. The number of aliphatic hydroxyl groups is 1. The second-order valence-electron chi connectivity index (χ2n) is 5.99. The predicted octanol–water partition coefficient (Wildman–Crippen LogP) is 1.21. The number of aromatic amines is 1. The third-order valence-electron chi connectivity index (χ3n) is 3.41. The van der Waals surface area contributed by atoms with Gasteiger partial charge < -0.3 is 10.4 Å². The molecule has 1 aromatic rings. The molecule has 6 heteroatoms. The van der Waals surface area contributed by atoms with Crippen molar-refractivity contribution in [2.45, 2.75) is 45.4 Å². The lowest BCUT2D eigenvalue weighted by Gasteiger charge is -2.24. The summed E-state index contributed by atoms with van der Waals surface area (Å²) in [6, 6.07) is 0. The Bertz CT molecular complexity index is 438. The zero-order valence-corrected chi connectivity index (χ0v) is 11.6. The SMILES string of the molecule is CC(C)(CCCO)CNC(=O)c1n[nH]c(C2CC2)n1. The average molecular weight is 266 g/mol. The number of amides is 1. The molecule has 0 saturated heterocycles.